The minimum atomic E-state index is -0.131. The zero-order valence-electron chi connectivity index (χ0n) is 13.0. The van der Waals surface area contributed by atoms with Gasteiger partial charge < -0.3 is 15.4 Å². The van der Waals surface area contributed by atoms with E-state index in [4.69, 9.17) is 11.6 Å². The molecule has 0 aliphatic heterocycles. The number of phenols is 1. The molecule has 2 aromatic carbocycles. The highest BCUT2D eigenvalue weighted by Gasteiger charge is 2.23. The van der Waals surface area contributed by atoms with Crippen molar-refractivity contribution >= 4 is 28.4 Å². The summed E-state index contributed by atoms with van der Waals surface area (Å²) in [6, 6.07) is 12.7. The molecule has 0 fully saturated rings. The Morgan fingerprint density at radius 3 is 2.96 bits per heavy atom. The number of hydrogen-bond acceptors (Lipinski definition) is 2. The first-order valence-corrected chi connectivity index (χ1v) is 8.39. The fraction of sp³-hybridized carbons (Fsp3) is 0.211. The van der Waals surface area contributed by atoms with E-state index in [1.54, 1.807) is 18.2 Å². The number of carbonyl (C=O) groups is 1. The van der Waals surface area contributed by atoms with Crippen LogP contribution in [0.4, 0.5) is 0 Å². The molecular weight excluding hydrogens is 324 g/mol. The predicted molar refractivity (Wildman–Crippen MR) is 94.6 cm³/mol. The summed E-state index contributed by atoms with van der Waals surface area (Å²) in [5.41, 5.74) is 3.61. The molecule has 1 amide bonds. The first-order chi connectivity index (χ1) is 11.6. The van der Waals surface area contributed by atoms with Crippen molar-refractivity contribution < 1.29 is 9.90 Å². The molecule has 0 radical (unpaired) electrons. The van der Waals surface area contributed by atoms with Gasteiger partial charge in [-0.2, -0.15) is 0 Å². The Bertz CT molecular complexity index is 932. The summed E-state index contributed by atoms with van der Waals surface area (Å²) in [7, 11) is 0. The van der Waals surface area contributed by atoms with Crippen LogP contribution in [0.3, 0.4) is 0 Å². The molecule has 1 unspecified atom stereocenters. The van der Waals surface area contributed by atoms with E-state index in [0.717, 1.165) is 41.3 Å². The molecule has 0 saturated heterocycles. The van der Waals surface area contributed by atoms with Gasteiger partial charge in [0, 0.05) is 15.9 Å². The lowest BCUT2D eigenvalue weighted by Crippen LogP contribution is -2.31. The first kappa shape index (κ1) is 15.1. The SMILES string of the molecule is O=C(NC1CCCc2cc(O)ccc21)c1cc2cc(Cl)ccc2[nH]1. The lowest BCUT2D eigenvalue weighted by Gasteiger charge is -2.26. The van der Waals surface area contributed by atoms with Crippen LogP contribution in [0.2, 0.25) is 5.02 Å². The molecule has 3 aromatic rings. The quantitative estimate of drug-likeness (QED) is 0.650. The molecule has 0 bridgehead atoms. The number of hydrogen-bond donors (Lipinski definition) is 3. The second kappa shape index (κ2) is 5.87. The molecule has 1 atom stereocenters. The van der Waals surface area contributed by atoms with E-state index in [-0.39, 0.29) is 17.7 Å². The van der Waals surface area contributed by atoms with Crippen LogP contribution in [-0.2, 0) is 6.42 Å². The Morgan fingerprint density at radius 2 is 2.08 bits per heavy atom. The van der Waals surface area contributed by atoms with Crippen LogP contribution in [0.15, 0.2) is 42.5 Å². The van der Waals surface area contributed by atoms with Crippen molar-refractivity contribution in [3.63, 3.8) is 0 Å². The van der Waals surface area contributed by atoms with Gasteiger partial charge in [0.1, 0.15) is 11.4 Å². The van der Waals surface area contributed by atoms with Crippen molar-refractivity contribution in [3.8, 4) is 5.75 Å². The molecule has 122 valence electrons. The molecule has 24 heavy (non-hydrogen) atoms. The molecule has 1 aromatic heterocycles. The largest absolute Gasteiger partial charge is 0.508 e. The number of aryl methyl sites for hydroxylation is 1. The molecule has 0 saturated carbocycles. The third-order valence-corrected chi connectivity index (χ3v) is 4.81. The van der Waals surface area contributed by atoms with Gasteiger partial charge in [-0.25, -0.2) is 0 Å². The Labute approximate surface area is 144 Å². The maximum atomic E-state index is 12.6. The number of fused-ring (bicyclic) bond motifs is 2. The number of rotatable bonds is 2. The second-order valence-corrected chi connectivity index (χ2v) is 6.65. The number of nitrogens with one attached hydrogen (secondary N) is 2. The lowest BCUT2D eigenvalue weighted by molar-refractivity contribution is 0.0928. The summed E-state index contributed by atoms with van der Waals surface area (Å²) in [5.74, 6) is 0.140. The summed E-state index contributed by atoms with van der Waals surface area (Å²) in [5, 5.41) is 14.3. The minimum Gasteiger partial charge on any atom is -0.508 e. The van der Waals surface area contributed by atoms with E-state index in [2.05, 4.69) is 10.3 Å². The number of aromatic nitrogens is 1. The maximum Gasteiger partial charge on any atom is 0.268 e. The molecule has 4 rings (SSSR count). The number of amides is 1. The molecule has 1 heterocycles. The summed E-state index contributed by atoms with van der Waals surface area (Å²) in [6.45, 7) is 0. The zero-order valence-corrected chi connectivity index (χ0v) is 13.7. The number of aromatic hydroxyl groups is 1. The van der Waals surface area contributed by atoms with Gasteiger partial charge in [-0.1, -0.05) is 17.7 Å². The topological polar surface area (TPSA) is 65.1 Å². The molecule has 3 N–H and O–H groups in total. The van der Waals surface area contributed by atoms with Crippen LogP contribution in [0, 0.1) is 0 Å². The van der Waals surface area contributed by atoms with E-state index in [1.807, 2.05) is 24.3 Å². The van der Waals surface area contributed by atoms with E-state index in [9.17, 15) is 9.90 Å². The van der Waals surface area contributed by atoms with E-state index < -0.39 is 0 Å². The molecular formula is C19H17ClN2O2. The summed E-state index contributed by atoms with van der Waals surface area (Å²) in [4.78, 5) is 15.8. The van der Waals surface area contributed by atoms with Gasteiger partial charge in [-0.05, 0) is 66.8 Å². The van der Waals surface area contributed by atoms with Crippen molar-refractivity contribution in [2.24, 2.45) is 0 Å². The van der Waals surface area contributed by atoms with Crippen molar-refractivity contribution in [1.82, 2.24) is 10.3 Å². The van der Waals surface area contributed by atoms with Crippen molar-refractivity contribution in [3.05, 3.63) is 64.3 Å². The van der Waals surface area contributed by atoms with Crippen LogP contribution in [0.5, 0.6) is 5.75 Å². The van der Waals surface area contributed by atoms with E-state index in [0.29, 0.717) is 10.7 Å². The van der Waals surface area contributed by atoms with Gasteiger partial charge in [0.25, 0.3) is 5.91 Å². The molecule has 0 spiro atoms. The van der Waals surface area contributed by atoms with Crippen LogP contribution >= 0.6 is 11.6 Å². The van der Waals surface area contributed by atoms with Crippen molar-refractivity contribution in [1.29, 1.82) is 0 Å². The molecule has 1 aliphatic carbocycles. The van der Waals surface area contributed by atoms with Gasteiger partial charge in [0.05, 0.1) is 6.04 Å². The van der Waals surface area contributed by atoms with Crippen LogP contribution in [-0.4, -0.2) is 16.0 Å². The number of aromatic amines is 1. The highest BCUT2D eigenvalue weighted by Crippen LogP contribution is 2.32. The Kier molecular flexibility index (Phi) is 3.69. The fourth-order valence-corrected chi connectivity index (χ4v) is 3.59. The lowest BCUT2D eigenvalue weighted by atomic mass is 9.87. The fourth-order valence-electron chi connectivity index (χ4n) is 3.41. The monoisotopic (exact) mass is 340 g/mol. The summed E-state index contributed by atoms with van der Waals surface area (Å²) < 4.78 is 0. The average molecular weight is 341 g/mol. The number of carbonyl (C=O) groups excluding carboxylic acids is 1. The smallest absolute Gasteiger partial charge is 0.268 e. The Balaban J connectivity index is 1.60. The van der Waals surface area contributed by atoms with Gasteiger partial charge in [-0.3, -0.25) is 4.79 Å². The molecule has 5 heteroatoms. The number of phenolic OH excluding ortho intramolecular Hbond substituents is 1. The van der Waals surface area contributed by atoms with Crippen molar-refractivity contribution in [2.45, 2.75) is 25.3 Å². The maximum absolute atomic E-state index is 12.6. The Morgan fingerprint density at radius 1 is 1.21 bits per heavy atom. The normalized spacial score (nSPS) is 16.8. The van der Waals surface area contributed by atoms with Crippen LogP contribution < -0.4 is 5.32 Å². The third-order valence-electron chi connectivity index (χ3n) is 4.57. The van der Waals surface area contributed by atoms with E-state index >= 15 is 0 Å². The van der Waals surface area contributed by atoms with E-state index in [1.165, 1.54) is 0 Å². The minimum absolute atomic E-state index is 0.0307. The first-order valence-electron chi connectivity index (χ1n) is 8.01. The number of halogens is 1. The Hall–Kier alpha value is -2.46. The third kappa shape index (κ3) is 2.74. The summed E-state index contributed by atoms with van der Waals surface area (Å²) >= 11 is 6.00. The number of benzene rings is 2. The molecule has 4 nitrogen and oxygen atoms in total. The van der Waals surface area contributed by atoms with Gasteiger partial charge in [0.2, 0.25) is 0 Å². The highest BCUT2D eigenvalue weighted by atomic mass is 35.5. The van der Waals surface area contributed by atoms with Crippen molar-refractivity contribution in [2.75, 3.05) is 0 Å². The predicted octanol–water partition coefficient (Wildman–Crippen LogP) is 4.33. The highest BCUT2D eigenvalue weighted by molar-refractivity contribution is 6.31. The summed E-state index contributed by atoms with van der Waals surface area (Å²) in [6.07, 6.45) is 2.82. The van der Waals surface area contributed by atoms with Gasteiger partial charge >= 0.3 is 0 Å². The van der Waals surface area contributed by atoms with Gasteiger partial charge in [-0.15, -0.1) is 0 Å². The second-order valence-electron chi connectivity index (χ2n) is 6.22. The van der Waals surface area contributed by atoms with Crippen LogP contribution in [0.25, 0.3) is 10.9 Å². The standard InChI is InChI=1S/C19H17ClN2O2/c20-13-4-7-16-12(8-13)10-18(21-16)19(24)22-17-3-1-2-11-9-14(23)5-6-15(11)17/h4-10,17,21,23H,1-3H2,(H,22,24). The average Bonchev–Trinajstić information content (AvgIpc) is 2.98. The zero-order chi connectivity index (χ0) is 16.7. The van der Waals surface area contributed by atoms with Gasteiger partial charge in [0.15, 0.2) is 0 Å². The van der Waals surface area contributed by atoms with Crippen LogP contribution in [0.1, 0.15) is 40.5 Å². The molecule has 1 aliphatic rings. The number of H-pyrrole nitrogens is 1.